The maximum Gasteiger partial charge on any atom is 0.226 e. The van der Waals surface area contributed by atoms with Gasteiger partial charge in [0.15, 0.2) is 5.82 Å². The normalized spacial score (nSPS) is 10.5. The Hall–Kier alpha value is -1.72. The van der Waals surface area contributed by atoms with Gasteiger partial charge in [-0.15, -0.1) is 0 Å². The van der Waals surface area contributed by atoms with Gasteiger partial charge in [0, 0.05) is 6.42 Å². The van der Waals surface area contributed by atoms with Crippen molar-refractivity contribution >= 4 is 0 Å². The van der Waals surface area contributed by atoms with E-state index < -0.39 is 0 Å². The lowest BCUT2D eigenvalue weighted by Gasteiger charge is -1.91. The summed E-state index contributed by atoms with van der Waals surface area (Å²) in [6.45, 7) is 2.47. The van der Waals surface area contributed by atoms with Crippen molar-refractivity contribution in [3.05, 3.63) is 24.4 Å². The highest BCUT2D eigenvalue weighted by Gasteiger charge is 2.04. The summed E-state index contributed by atoms with van der Waals surface area (Å²) in [7, 11) is 0. The molecule has 0 aromatic carbocycles. The van der Waals surface area contributed by atoms with E-state index in [2.05, 4.69) is 20.2 Å². The van der Waals surface area contributed by atoms with Gasteiger partial charge in [0.05, 0.1) is 0 Å². The number of aromatic nitrogens is 5. The predicted octanol–water partition coefficient (Wildman–Crippen LogP) is 0.272. The van der Waals surface area contributed by atoms with Crippen molar-refractivity contribution in [1.82, 2.24) is 24.9 Å². The molecule has 0 aliphatic rings. The van der Waals surface area contributed by atoms with Crippen LogP contribution in [-0.2, 0) is 13.0 Å². The van der Waals surface area contributed by atoms with Crippen molar-refractivity contribution in [3.63, 3.8) is 0 Å². The molecule has 13 heavy (non-hydrogen) atoms. The lowest BCUT2D eigenvalue weighted by Crippen LogP contribution is -2.01. The minimum atomic E-state index is 0.503. The second-order valence-corrected chi connectivity index (χ2v) is 2.55. The lowest BCUT2D eigenvalue weighted by atomic mass is 10.5. The van der Waals surface area contributed by atoms with Crippen LogP contribution >= 0.6 is 0 Å². The molecule has 0 N–H and O–H groups in total. The van der Waals surface area contributed by atoms with Gasteiger partial charge in [0.25, 0.3) is 0 Å². The fraction of sp³-hybridized carbons (Fsp3) is 0.429. The molecule has 6 nitrogen and oxygen atoms in total. The number of rotatable bonds is 3. The molecule has 2 heterocycles. The summed E-state index contributed by atoms with van der Waals surface area (Å²) in [6.07, 6.45) is 3.84. The molecule has 0 fully saturated rings. The minimum Gasteiger partial charge on any atom is -0.339 e. The van der Waals surface area contributed by atoms with Crippen LogP contribution in [0.25, 0.3) is 0 Å². The molecule has 2 aromatic heterocycles. The smallest absolute Gasteiger partial charge is 0.226 e. The van der Waals surface area contributed by atoms with E-state index in [1.807, 2.05) is 6.92 Å². The minimum absolute atomic E-state index is 0.503. The van der Waals surface area contributed by atoms with Crippen molar-refractivity contribution in [2.45, 2.75) is 19.9 Å². The Labute approximate surface area is 74.6 Å². The third-order valence-electron chi connectivity index (χ3n) is 1.58. The quantitative estimate of drug-likeness (QED) is 0.676. The van der Waals surface area contributed by atoms with E-state index >= 15 is 0 Å². The van der Waals surface area contributed by atoms with Crippen LogP contribution in [0, 0.1) is 0 Å². The SMILES string of the molecule is CCc1nc(Cn2cncn2)no1. The van der Waals surface area contributed by atoms with E-state index in [4.69, 9.17) is 4.52 Å². The zero-order chi connectivity index (χ0) is 9.10. The van der Waals surface area contributed by atoms with Crippen molar-refractivity contribution in [2.24, 2.45) is 0 Å². The maximum atomic E-state index is 4.94. The second-order valence-electron chi connectivity index (χ2n) is 2.55. The molecule has 0 unspecified atom stereocenters. The molecule has 0 atom stereocenters. The highest BCUT2D eigenvalue weighted by atomic mass is 16.5. The fourth-order valence-corrected chi connectivity index (χ4v) is 0.957. The summed E-state index contributed by atoms with van der Waals surface area (Å²) in [5.41, 5.74) is 0. The van der Waals surface area contributed by atoms with E-state index in [0.717, 1.165) is 6.42 Å². The molecule has 0 aliphatic carbocycles. The first-order chi connectivity index (χ1) is 6.38. The summed E-state index contributed by atoms with van der Waals surface area (Å²) in [5.74, 6) is 1.28. The molecular formula is C7H9N5O. The molecule has 0 saturated heterocycles. The Morgan fingerprint density at radius 2 is 2.46 bits per heavy atom. The summed E-state index contributed by atoms with van der Waals surface area (Å²) in [6, 6.07) is 0. The van der Waals surface area contributed by atoms with Crippen LogP contribution in [0.15, 0.2) is 17.2 Å². The molecule has 0 saturated carbocycles. The molecule has 6 heteroatoms. The Morgan fingerprint density at radius 1 is 1.54 bits per heavy atom. The molecule has 2 aromatic rings. The van der Waals surface area contributed by atoms with Crippen molar-refractivity contribution in [1.29, 1.82) is 0 Å². The van der Waals surface area contributed by atoms with Gasteiger partial charge in [-0.25, -0.2) is 9.67 Å². The van der Waals surface area contributed by atoms with E-state index in [1.54, 1.807) is 11.0 Å². The summed E-state index contributed by atoms with van der Waals surface area (Å²) < 4.78 is 6.58. The van der Waals surface area contributed by atoms with Crippen LogP contribution < -0.4 is 0 Å². The van der Waals surface area contributed by atoms with Crippen LogP contribution in [0.1, 0.15) is 18.6 Å². The van der Waals surface area contributed by atoms with Gasteiger partial charge in [-0.1, -0.05) is 12.1 Å². The average Bonchev–Trinajstić information content (AvgIpc) is 2.76. The highest BCUT2D eigenvalue weighted by molar-refractivity contribution is 4.86. The first kappa shape index (κ1) is 7.90. The fourth-order valence-electron chi connectivity index (χ4n) is 0.957. The molecule has 0 spiro atoms. The number of aryl methyl sites for hydroxylation is 1. The molecule has 68 valence electrons. The molecule has 0 aliphatic heterocycles. The van der Waals surface area contributed by atoms with Gasteiger partial charge in [-0.2, -0.15) is 10.1 Å². The Balaban J connectivity index is 2.10. The largest absolute Gasteiger partial charge is 0.339 e. The molecule has 0 bridgehead atoms. The van der Waals surface area contributed by atoms with Crippen molar-refractivity contribution in [3.8, 4) is 0 Å². The Bertz CT molecular complexity index is 366. The van der Waals surface area contributed by atoms with Gasteiger partial charge >= 0.3 is 0 Å². The summed E-state index contributed by atoms with van der Waals surface area (Å²) >= 11 is 0. The van der Waals surface area contributed by atoms with E-state index in [9.17, 15) is 0 Å². The van der Waals surface area contributed by atoms with Crippen LogP contribution in [0.4, 0.5) is 0 Å². The van der Waals surface area contributed by atoms with E-state index in [-0.39, 0.29) is 0 Å². The van der Waals surface area contributed by atoms with Crippen LogP contribution in [0.2, 0.25) is 0 Å². The molecule has 0 amide bonds. The van der Waals surface area contributed by atoms with Crippen molar-refractivity contribution < 1.29 is 4.52 Å². The van der Waals surface area contributed by atoms with E-state index in [1.165, 1.54) is 6.33 Å². The molecule has 0 radical (unpaired) electrons. The van der Waals surface area contributed by atoms with Gasteiger partial charge < -0.3 is 4.52 Å². The molecular weight excluding hydrogens is 170 g/mol. The Kier molecular flexibility index (Phi) is 2.03. The third-order valence-corrected chi connectivity index (χ3v) is 1.58. The zero-order valence-electron chi connectivity index (χ0n) is 7.21. The van der Waals surface area contributed by atoms with E-state index in [0.29, 0.717) is 18.3 Å². The van der Waals surface area contributed by atoms with Gasteiger partial charge in [0.2, 0.25) is 5.89 Å². The van der Waals surface area contributed by atoms with Crippen molar-refractivity contribution in [2.75, 3.05) is 0 Å². The van der Waals surface area contributed by atoms with Crippen LogP contribution in [0.3, 0.4) is 0 Å². The monoisotopic (exact) mass is 179 g/mol. The van der Waals surface area contributed by atoms with Gasteiger partial charge in [-0.3, -0.25) is 0 Å². The Morgan fingerprint density at radius 3 is 3.08 bits per heavy atom. The summed E-state index contributed by atoms with van der Waals surface area (Å²) in [5, 5.41) is 7.72. The predicted molar refractivity (Wildman–Crippen MR) is 42.8 cm³/mol. The second kappa shape index (κ2) is 3.34. The maximum absolute atomic E-state index is 4.94. The number of nitrogens with zero attached hydrogens (tertiary/aromatic N) is 5. The van der Waals surface area contributed by atoms with Gasteiger partial charge in [-0.05, 0) is 0 Å². The van der Waals surface area contributed by atoms with Crippen LogP contribution in [0.5, 0.6) is 0 Å². The van der Waals surface area contributed by atoms with Gasteiger partial charge in [0.1, 0.15) is 19.2 Å². The first-order valence-electron chi connectivity index (χ1n) is 4.02. The average molecular weight is 179 g/mol. The van der Waals surface area contributed by atoms with Crippen LogP contribution in [-0.4, -0.2) is 24.9 Å². The number of hydrogen-bond donors (Lipinski definition) is 0. The lowest BCUT2D eigenvalue weighted by molar-refractivity contribution is 0.374. The highest BCUT2D eigenvalue weighted by Crippen LogP contribution is 1.98. The topological polar surface area (TPSA) is 69.6 Å². The third kappa shape index (κ3) is 1.71. The first-order valence-corrected chi connectivity index (χ1v) is 4.02. The standard InChI is InChI=1S/C7H9N5O/c1-2-7-10-6(11-13-7)3-12-5-8-4-9-12/h4-5H,2-3H2,1H3. The summed E-state index contributed by atoms with van der Waals surface area (Å²) in [4.78, 5) is 7.95. The zero-order valence-corrected chi connectivity index (χ0v) is 7.21. The molecule has 2 rings (SSSR count). The number of hydrogen-bond acceptors (Lipinski definition) is 5.